The van der Waals surface area contributed by atoms with Crippen LogP contribution in [0.5, 0.6) is 5.75 Å². The van der Waals surface area contributed by atoms with Gasteiger partial charge in [-0.1, -0.05) is 20.8 Å². The average molecular weight is 222 g/mol. The van der Waals surface area contributed by atoms with E-state index < -0.39 is 6.10 Å². The molecule has 1 N–H and O–H groups in total. The summed E-state index contributed by atoms with van der Waals surface area (Å²) in [4.78, 5) is 0. The molecule has 0 amide bonds. The lowest BCUT2D eigenvalue weighted by Crippen LogP contribution is -2.19. The minimum atomic E-state index is -0.447. The molecular weight excluding hydrogens is 200 g/mol. The molecule has 0 saturated heterocycles. The monoisotopic (exact) mass is 222 g/mol. The average Bonchev–Trinajstić information content (AvgIpc) is 2.18. The second kappa shape index (κ2) is 4.46. The smallest absolute Gasteiger partial charge is 0.122 e. The molecule has 2 nitrogen and oxygen atoms in total. The minimum Gasteiger partial charge on any atom is -0.496 e. The molecule has 0 spiro atoms. The lowest BCUT2D eigenvalue weighted by atomic mass is 9.82. The van der Waals surface area contributed by atoms with Gasteiger partial charge in [-0.3, -0.25) is 0 Å². The van der Waals surface area contributed by atoms with Gasteiger partial charge in [0, 0.05) is 0 Å². The first-order valence-corrected chi connectivity index (χ1v) is 5.60. The Bertz CT molecular complexity index is 375. The molecule has 0 saturated carbocycles. The van der Waals surface area contributed by atoms with Crippen molar-refractivity contribution in [2.75, 3.05) is 7.11 Å². The van der Waals surface area contributed by atoms with E-state index in [0.29, 0.717) is 0 Å². The molecule has 90 valence electrons. The van der Waals surface area contributed by atoms with E-state index in [0.717, 1.165) is 22.4 Å². The number of rotatable bonds is 2. The standard InChI is InChI=1S/C14H22O2/c1-9-8-12(16-6)10(2)7-11(9)13(15)14(3,4)5/h7-8,13,15H,1-6H3. The van der Waals surface area contributed by atoms with Gasteiger partial charge in [-0.25, -0.2) is 0 Å². The van der Waals surface area contributed by atoms with E-state index >= 15 is 0 Å². The van der Waals surface area contributed by atoms with Crippen molar-refractivity contribution in [1.82, 2.24) is 0 Å². The fraction of sp³-hybridized carbons (Fsp3) is 0.571. The Hall–Kier alpha value is -1.02. The molecule has 0 bridgehead atoms. The number of hydrogen-bond donors (Lipinski definition) is 1. The largest absolute Gasteiger partial charge is 0.496 e. The molecule has 0 heterocycles. The Morgan fingerprint density at radius 3 is 2.12 bits per heavy atom. The van der Waals surface area contributed by atoms with Gasteiger partial charge < -0.3 is 9.84 Å². The summed E-state index contributed by atoms with van der Waals surface area (Å²) in [5.41, 5.74) is 2.98. The van der Waals surface area contributed by atoms with Gasteiger partial charge in [-0.05, 0) is 48.1 Å². The van der Waals surface area contributed by atoms with Crippen molar-refractivity contribution in [2.24, 2.45) is 5.41 Å². The normalized spacial score (nSPS) is 13.7. The molecule has 1 unspecified atom stereocenters. The number of methoxy groups -OCH3 is 1. The van der Waals surface area contributed by atoms with E-state index in [1.807, 2.05) is 46.8 Å². The van der Waals surface area contributed by atoms with Crippen LogP contribution in [0, 0.1) is 19.3 Å². The molecule has 2 heteroatoms. The van der Waals surface area contributed by atoms with Gasteiger partial charge in [0.2, 0.25) is 0 Å². The quantitative estimate of drug-likeness (QED) is 0.831. The molecule has 1 aromatic carbocycles. The van der Waals surface area contributed by atoms with Gasteiger partial charge >= 0.3 is 0 Å². The molecule has 0 aliphatic heterocycles. The van der Waals surface area contributed by atoms with Crippen LogP contribution in [0.4, 0.5) is 0 Å². The van der Waals surface area contributed by atoms with Crippen LogP contribution in [0.25, 0.3) is 0 Å². The Morgan fingerprint density at radius 1 is 1.12 bits per heavy atom. The number of hydrogen-bond acceptors (Lipinski definition) is 2. The molecular formula is C14H22O2. The van der Waals surface area contributed by atoms with Crippen LogP contribution < -0.4 is 4.74 Å². The maximum Gasteiger partial charge on any atom is 0.122 e. The summed E-state index contributed by atoms with van der Waals surface area (Å²) in [5, 5.41) is 10.3. The maximum absolute atomic E-state index is 10.3. The first kappa shape index (κ1) is 13.0. The Labute approximate surface area is 98.3 Å². The summed E-state index contributed by atoms with van der Waals surface area (Å²) in [6.07, 6.45) is -0.447. The molecule has 1 rings (SSSR count). The Balaban J connectivity index is 3.21. The van der Waals surface area contributed by atoms with Crippen molar-refractivity contribution in [1.29, 1.82) is 0 Å². The van der Waals surface area contributed by atoms with E-state index in [1.54, 1.807) is 7.11 Å². The molecule has 0 fully saturated rings. The van der Waals surface area contributed by atoms with Gasteiger partial charge in [-0.15, -0.1) is 0 Å². The molecule has 1 aromatic rings. The summed E-state index contributed by atoms with van der Waals surface area (Å²) in [6, 6.07) is 4.00. The Kier molecular flexibility index (Phi) is 3.64. The van der Waals surface area contributed by atoms with Crippen LogP contribution in [0.1, 0.15) is 43.6 Å². The molecule has 0 radical (unpaired) electrons. The van der Waals surface area contributed by atoms with Crippen molar-refractivity contribution in [2.45, 2.75) is 40.7 Å². The van der Waals surface area contributed by atoms with Crippen molar-refractivity contribution < 1.29 is 9.84 Å². The summed E-state index contributed by atoms with van der Waals surface area (Å²) >= 11 is 0. The van der Waals surface area contributed by atoms with Crippen molar-refractivity contribution in [3.05, 3.63) is 28.8 Å². The first-order chi connectivity index (χ1) is 7.27. The molecule has 1 atom stereocenters. The zero-order valence-electron chi connectivity index (χ0n) is 11.1. The predicted molar refractivity (Wildman–Crippen MR) is 66.9 cm³/mol. The Morgan fingerprint density at radius 2 is 1.69 bits per heavy atom. The second-order valence-corrected chi connectivity index (χ2v) is 5.45. The van der Waals surface area contributed by atoms with E-state index in [9.17, 15) is 5.11 Å². The van der Waals surface area contributed by atoms with Gasteiger partial charge in [0.15, 0.2) is 0 Å². The van der Waals surface area contributed by atoms with Crippen LogP contribution in [-0.4, -0.2) is 12.2 Å². The fourth-order valence-electron chi connectivity index (χ4n) is 1.79. The highest BCUT2D eigenvalue weighted by molar-refractivity contribution is 5.42. The zero-order valence-corrected chi connectivity index (χ0v) is 11.1. The first-order valence-electron chi connectivity index (χ1n) is 5.60. The summed E-state index contributed by atoms with van der Waals surface area (Å²) in [6.45, 7) is 10.1. The van der Waals surface area contributed by atoms with E-state index in [2.05, 4.69) is 0 Å². The summed E-state index contributed by atoms with van der Waals surface area (Å²) in [7, 11) is 1.67. The van der Waals surface area contributed by atoms with Crippen LogP contribution >= 0.6 is 0 Å². The number of benzene rings is 1. The van der Waals surface area contributed by atoms with Crippen molar-refractivity contribution in [3.63, 3.8) is 0 Å². The fourth-order valence-corrected chi connectivity index (χ4v) is 1.79. The zero-order chi connectivity index (χ0) is 12.5. The lowest BCUT2D eigenvalue weighted by molar-refractivity contribution is 0.0620. The van der Waals surface area contributed by atoms with E-state index in [-0.39, 0.29) is 5.41 Å². The highest BCUT2D eigenvalue weighted by Gasteiger charge is 2.25. The highest BCUT2D eigenvalue weighted by atomic mass is 16.5. The van der Waals surface area contributed by atoms with Gasteiger partial charge in [-0.2, -0.15) is 0 Å². The van der Waals surface area contributed by atoms with E-state index in [1.165, 1.54) is 0 Å². The summed E-state index contributed by atoms with van der Waals surface area (Å²) < 4.78 is 5.26. The van der Waals surface area contributed by atoms with Crippen molar-refractivity contribution in [3.8, 4) is 5.75 Å². The number of ether oxygens (including phenoxy) is 1. The van der Waals surface area contributed by atoms with Crippen molar-refractivity contribution >= 4 is 0 Å². The second-order valence-electron chi connectivity index (χ2n) is 5.45. The van der Waals surface area contributed by atoms with Gasteiger partial charge in [0.25, 0.3) is 0 Å². The number of aryl methyl sites for hydroxylation is 2. The molecule has 0 aliphatic rings. The molecule has 0 aliphatic carbocycles. The minimum absolute atomic E-state index is 0.147. The van der Waals surface area contributed by atoms with Crippen LogP contribution in [0.3, 0.4) is 0 Å². The molecule has 0 aromatic heterocycles. The van der Waals surface area contributed by atoms with Crippen LogP contribution in [-0.2, 0) is 0 Å². The van der Waals surface area contributed by atoms with Crippen LogP contribution in [0.15, 0.2) is 12.1 Å². The van der Waals surface area contributed by atoms with Crippen LogP contribution in [0.2, 0.25) is 0 Å². The summed E-state index contributed by atoms with van der Waals surface area (Å²) in [5.74, 6) is 0.877. The predicted octanol–water partition coefficient (Wildman–Crippen LogP) is 3.39. The third-order valence-electron chi connectivity index (χ3n) is 2.90. The third kappa shape index (κ3) is 2.56. The maximum atomic E-state index is 10.3. The molecule has 16 heavy (non-hydrogen) atoms. The topological polar surface area (TPSA) is 29.5 Å². The third-order valence-corrected chi connectivity index (χ3v) is 2.90. The van der Waals surface area contributed by atoms with E-state index in [4.69, 9.17) is 4.74 Å². The SMILES string of the molecule is COc1cc(C)c(C(O)C(C)(C)C)cc1C. The number of aliphatic hydroxyl groups is 1. The highest BCUT2D eigenvalue weighted by Crippen LogP contribution is 2.36. The lowest BCUT2D eigenvalue weighted by Gasteiger charge is -2.28. The van der Waals surface area contributed by atoms with Gasteiger partial charge in [0.05, 0.1) is 13.2 Å². The van der Waals surface area contributed by atoms with Gasteiger partial charge in [0.1, 0.15) is 5.75 Å². The number of aliphatic hydroxyl groups excluding tert-OH is 1.